The number of nitrogens with zero attached hydrogens (tertiary/aromatic N) is 2. The first-order valence-corrected chi connectivity index (χ1v) is 5.95. The summed E-state index contributed by atoms with van der Waals surface area (Å²) in [5.41, 5.74) is 5.64. The molecule has 1 aliphatic rings. The topological polar surface area (TPSA) is 60.9 Å². The smallest absolute Gasteiger partial charge is 0.330 e. The van der Waals surface area contributed by atoms with E-state index in [-0.39, 0.29) is 11.7 Å². The maximum atomic E-state index is 11.7. The molecule has 2 rings (SSSR count). The van der Waals surface area contributed by atoms with Crippen molar-refractivity contribution in [3.63, 3.8) is 0 Å². The number of aromatic nitrogens is 2. The van der Waals surface area contributed by atoms with E-state index in [1.807, 2.05) is 12.3 Å². The van der Waals surface area contributed by atoms with E-state index in [2.05, 4.69) is 11.9 Å². The summed E-state index contributed by atoms with van der Waals surface area (Å²) in [6.07, 6.45) is 6.74. The van der Waals surface area contributed by atoms with Crippen molar-refractivity contribution < 1.29 is 0 Å². The van der Waals surface area contributed by atoms with Gasteiger partial charge in [-0.3, -0.25) is 4.57 Å². The molecule has 0 radical (unpaired) electrons. The third-order valence-electron chi connectivity index (χ3n) is 3.62. The van der Waals surface area contributed by atoms with Crippen LogP contribution in [0.1, 0.15) is 32.2 Å². The predicted molar refractivity (Wildman–Crippen MR) is 63.1 cm³/mol. The van der Waals surface area contributed by atoms with Gasteiger partial charge in [-0.15, -0.1) is 0 Å². The third-order valence-corrected chi connectivity index (χ3v) is 3.62. The summed E-state index contributed by atoms with van der Waals surface area (Å²) in [7, 11) is 0. The van der Waals surface area contributed by atoms with Crippen LogP contribution in [0.15, 0.2) is 23.3 Å². The van der Waals surface area contributed by atoms with Crippen LogP contribution in [0, 0.1) is 11.8 Å². The highest BCUT2D eigenvalue weighted by molar-refractivity contribution is 4.90. The van der Waals surface area contributed by atoms with Crippen molar-refractivity contribution in [2.24, 2.45) is 17.6 Å². The molecule has 4 nitrogen and oxygen atoms in total. The molecular formula is C12H19N3O. The Bertz CT molecular complexity index is 401. The van der Waals surface area contributed by atoms with Crippen LogP contribution in [-0.2, 0) is 0 Å². The van der Waals surface area contributed by atoms with Crippen LogP contribution >= 0.6 is 0 Å². The summed E-state index contributed by atoms with van der Waals surface area (Å²) in [4.78, 5) is 15.5. The average Bonchev–Trinajstić information content (AvgIpc) is 2.29. The van der Waals surface area contributed by atoms with Gasteiger partial charge in [0.2, 0.25) is 0 Å². The molecule has 1 fully saturated rings. The van der Waals surface area contributed by atoms with Gasteiger partial charge in [-0.1, -0.05) is 13.3 Å². The molecule has 0 spiro atoms. The van der Waals surface area contributed by atoms with Crippen molar-refractivity contribution >= 4 is 0 Å². The summed E-state index contributed by atoms with van der Waals surface area (Å²) in [5, 5.41) is 0. The van der Waals surface area contributed by atoms with Crippen molar-refractivity contribution in [2.45, 2.75) is 32.2 Å². The molecule has 3 atom stereocenters. The van der Waals surface area contributed by atoms with Gasteiger partial charge in [0.1, 0.15) is 0 Å². The standard InChI is InChI=1S/C12H19N3O/c1-9-3-4-10(8-13)11(7-9)15-6-2-5-14-12(15)16/h2,5-6,9-11H,3-4,7-8,13H2,1H3. The largest absolute Gasteiger partial charge is 0.347 e. The number of hydrogen-bond acceptors (Lipinski definition) is 3. The molecule has 16 heavy (non-hydrogen) atoms. The van der Waals surface area contributed by atoms with Gasteiger partial charge in [0.25, 0.3) is 0 Å². The Morgan fingerprint density at radius 2 is 2.38 bits per heavy atom. The number of nitrogens with two attached hydrogens (primary N) is 1. The Labute approximate surface area is 95.5 Å². The van der Waals surface area contributed by atoms with E-state index in [1.165, 1.54) is 6.42 Å². The Balaban J connectivity index is 2.29. The fraction of sp³-hybridized carbons (Fsp3) is 0.667. The molecule has 0 bridgehead atoms. The second-order valence-corrected chi connectivity index (χ2v) is 4.79. The minimum atomic E-state index is -0.153. The highest BCUT2D eigenvalue weighted by Gasteiger charge is 2.29. The SMILES string of the molecule is CC1CCC(CN)C(n2cccnc2=O)C1. The summed E-state index contributed by atoms with van der Waals surface area (Å²) in [5.74, 6) is 1.08. The first kappa shape index (κ1) is 11.3. The molecule has 0 aromatic carbocycles. The molecule has 1 aromatic rings. The molecule has 88 valence electrons. The Morgan fingerprint density at radius 1 is 1.56 bits per heavy atom. The maximum absolute atomic E-state index is 11.7. The first-order valence-electron chi connectivity index (χ1n) is 5.95. The zero-order valence-corrected chi connectivity index (χ0v) is 9.67. The summed E-state index contributed by atoms with van der Waals surface area (Å²) >= 11 is 0. The molecule has 4 heteroatoms. The average molecular weight is 221 g/mol. The van der Waals surface area contributed by atoms with E-state index in [4.69, 9.17) is 5.73 Å². The first-order chi connectivity index (χ1) is 7.72. The normalized spacial score (nSPS) is 30.2. The Morgan fingerprint density at radius 3 is 3.06 bits per heavy atom. The molecule has 3 unspecified atom stereocenters. The molecular weight excluding hydrogens is 202 g/mol. The van der Waals surface area contributed by atoms with Crippen LogP contribution in [-0.4, -0.2) is 16.1 Å². The zero-order valence-electron chi connectivity index (χ0n) is 9.67. The van der Waals surface area contributed by atoms with Crippen LogP contribution in [0.2, 0.25) is 0 Å². The number of rotatable bonds is 2. The second kappa shape index (κ2) is 4.78. The lowest BCUT2D eigenvalue weighted by molar-refractivity contribution is 0.192. The van der Waals surface area contributed by atoms with Gasteiger partial charge in [0.15, 0.2) is 0 Å². The van der Waals surface area contributed by atoms with Gasteiger partial charge < -0.3 is 5.73 Å². The predicted octanol–water partition coefficient (Wildman–Crippen LogP) is 1.18. The second-order valence-electron chi connectivity index (χ2n) is 4.79. The summed E-state index contributed by atoms with van der Waals surface area (Å²) in [6, 6.07) is 2.05. The van der Waals surface area contributed by atoms with Gasteiger partial charge in [0, 0.05) is 18.4 Å². The van der Waals surface area contributed by atoms with Gasteiger partial charge >= 0.3 is 5.69 Å². The fourth-order valence-electron chi connectivity index (χ4n) is 2.65. The van der Waals surface area contributed by atoms with Crippen LogP contribution < -0.4 is 11.4 Å². The summed E-state index contributed by atoms with van der Waals surface area (Å²) < 4.78 is 1.76. The van der Waals surface area contributed by atoms with E-state index in [9.17, 15) is 4.79 Å². The van der Waals surface area contributed by atoms with Crippen LogP contribution in [0.5, 0.6) is 0 Å². The van der Waals surface area contributed by atoms with E-state index in [1.54, 1.807) is 10.8 Å². The van der Waals surface area contributed by atoms with Crippen molar-refractivity contribution in [3.05, 3.63) is 28.9 Å². The van der Waals surface area contributed by atoms with Gasteiger partial charge in [-0.2, -0.15) is 0 Å². The van der Waals surface area contributed by atoms with Crippen molar-refractivity contribution in [1.82, 2.24) is 9.55 Å². The lowest BCUT2D eigenvalue weighted by Crippen LogP contribution is -2.37. The quantitative estimate of drug-likeness (QED) is 0.815. The van der Waals surface area contributed by atoms with Gasteiger partial charge in [0.05, 0.1) is 0 Å². The minimum absolute atomic E-state index is 0.153. The monoisotopic (exact) mass is 221 g/mol. The van der Waals surface area contributed by atoms with Crippen molar-refractivity contribution in [2.75, 3.05) is 6.54 Å². The maximum Gasteiger partial charge on any atom is 0.347 e. The summed E-state index contributed by atoms with van der Waals surface area (Å²) in [6.45, 7) is 2.89. The third kappa shape index (κ3) is 2.16. The van der Waals surface area contributed by atoms with Crippen molar-refractivity contribution in [1.29, 1.82) is 0 Å². The molecule has 1 heterocycles. The van der Waals surface area contributed by atoms with E-state index in [0.29, 0.717) is 18.4 Å². The molecule has 1 aromatic heterocycles. The molecule has 1 aliphatic carbocycles. The fourth-order valence-corrected chi connectivity index (χ4v) is 2.65. The molecule has 0 aliphatic heterocycles. The highest BCUT2D eigenvalue weighted by Crippen LogP contribution is 2.35. The van der Waals surface area contributed by atoms with E-state index in [0.717, 1.165) is 12.8 Å². The van der Waals surface area contributed by atoms with Crippen LogP contribution in [0.4, 0.5) is 0 Å². The van der Waals surface area contributed by atoms with Gasteiger partial charge in [-0.05, 0) is 37.3 Å². The lowest BCUT2D eigenvalue weighted by atomic mass is 9.79. The Hall–Kier alpha value is -1.16. The Kier molecular flexibility index (Phi) is 3.39. The highest BCUT2D eigenvalue weighted by atomic mass is 16.1. The van der Waals surface area contributed by atoms with Gasteiger partial charge in [-0.25, -0.2) is 9.78 Å². The molecule has 0 amide bonds. The van der Waals surface area contributed by atoms with Crippen molar-refractivity contribution in [3.8, 4) is 0 Å². The van der Waals surface area contributed by atoms with Crippen LogP contribution in [0.25, 0.3) is 0 Å². The molecule has 2 N–H and O–H groups in total. The lowest BCUT2D eigenvalue weighted by Gasteiger charge is -2.35. The van der Waals surface area contributed by atoms with E-state index >= 15 is 0 Å². The molecule has 1 saturated carbocycles. The number of hydrogen-bond donors (Lipinski definition) is 1. The van der Waals surface area contributed by atoms with E-state index < -0.39 is 0 Å². The minimum Gasteiger partial charge on any atom is -0.330 e. The molecule has 0 saturated heterocycles. The zero-order chi connectivity index (χ0) is 11.5. The van der Waals surface area contributed by atoms with Crippen LogP contribution in [0.3, 0.4) is 0 Å².